The van der Waals surface area contributed by atoms with Gasteiger partial charge in [-0.2, -0.15) is 0 Å². The standard InChI is InChI=1S/C17H20Cl2N2/c1-3-6-21-17(12(2)13-4-7-20-8-5-13)14-9-15(18)11-16(19)10-14/h4-5,7-12,17,21H,3,6H2,1-2H3. The van der Waals surface area contributed by atoms with Crippen LogP contribution in [0, 0.1) is 0 Å². The average Bonchev–Trinajstić information content (AvgIpc) is 2.47. The Labute approximate surface area is 136 Å². The number of hydrogen-bond acceptors (Lipinski definition) is 2. The van der Waals surface area contributed by atoms with E-state index >= 15 is 0 Å². The van der Waals surface area contributed by atoms with Gasteiger partial charge >= 0.3 is 0 Å². The second-order valence-corrected chi connectivity index (χ2v) is 6.08. The van der Waals surface area contributed by atoms with E-state index in [0.29, 0.717) is 16.0 Å². The third kappa shape index (κ3) is 4.44. The van der Waals surface area contributed by atoms with Crippen LogP contribution in [0.2, 0.25) is 10.0 Å². The molecule has 2 atom stereocenters. The zero-order chi connectivity index (χ0) is 15.2. The fraction of sp³-hybridized carbons (Fsp3) is 0.353. The molecule has 21 heavy (non-hydrogen) atoms. The number of rotatable bonds is 6. The first-order valence-corrected chi connectivity index (χ1v) is 7.96. The maximum absolute atomic E-state index is 6.16. The van der Waals surface area contributed by atoms with Crippen LogP contribution in [0.15, 0.2) is 42.7 Å². The predicted molar refractivity (Wildman–Crippen MR) is 90.1 cm³/mol. The normalized spacial score (nSPS) is 13.9. The van der Waals surface area contributed by atoms with E-state index in [2.05, 4.69) is 36.3 Å². The van der Waals surface area contributed by atoms with Gasteiger partial charge in [-0.1, -0.05) is 37.0 Å². The Balaban J connectivity index is 2.33. The highest BCUT2D eigenvalue weighted by Crippen LogP contribution is 2.33. The highest BCUT2D eigenvalue weighted by atomic mass is 35.5. The third-order valence-electron chi connectivity index (χ3n) is 3.59. The summed E-state index contributed by atoms with van der Waals surface area (Å²) in [5.41, 5.74) is 2.36. The molecule has 0 aliphatic heterocycles. The molecule has 0 fully saturated rings. The maximum Gasteiger partial charge on any atom is 0.0424 e. The molecule has 1 aromatic carbocycles. The molecule has 0 saturated heterocycles. The number of pyridine rings is 1. The first kappa shape index (κ1) is 16.3. The molecule has 2 aromatic rings. The summed E-state index contributed by atoms with van der Waals surface area (Å²) in [5, 5.41) is 4.94. The highest BCUT2D eigenvalue weighted by Gasteiger charge is 2.21. The lowest BCUT2D eigenvalue weighted by Gasteiger charge is -2.26. The number of halogens is 2. The quantitative estimate of drug-likeness (QED) is 0.787. The molecule has 0 aliphatic rings. The first-order chi connectivity index (χ1) is 10.1. The van der Waals surface area contributed by atoms with Crippen molar-refractivity contribution in [3.8, 4) is 0 Å². The molecular formula is C17H20Cl2N2. The van der Waals surface area contributed by atoms with Crippen molar-refractivity contribution in [3.63, 3.8) is 0 Å². The van der Waals surface area contributed by atoms with Gasteiger partial charge in [0.05, 0.1) is 0 Å². The van der Waals surface area contributed by atoms with Crippen LogP contribution in [0.4, 0.5) is 0 Å². The molecule has 0 spiro atoms. The molecule has 1 heterocycles. The minimum absolute atomic E-state index is 0.170. The summed E-state index contributed by atoms with van der Waals surface area (Å²) < 4.78 is 0. The molecule has 1 N–H and O–H groups in total. The van der Waals surface area contributed by atoms with Gasteiger partial charge in [0.1, 0.15) is 0 Å². The molecule has 0 radical (unpaired) electrons. The second kappa shape index (κ2) is 7.79. The van der Waals surface area contributed by atoms with Crippen molar-refractivity contribution < 1.29 is 0 Å². The third-order valence-corrected chi connectivity index (χ3v) is 4.03. The second-order valence-electron chi connectivity index (χ2n) is 5.20. The van der Waals surface area contributed by atoms with Crippen LogP contribution in [0.3, 0.4) is 0 Å². The van der Waals surface area contributed by atoms with Gasteiger partial charge in [0.25, 0.3) is 0 Å². The fourth-order valence-corrected chi connectivity index (χ4v) is 3.04. The summed E-state index contributed by atoms with van der Waals surface area (Å²) >= 11 is 12.3. The smallest absolute Gasteiger partial charge is 0.0424 e. The lowest BCUT2D eigenvalue weighted by molar-refractivity contribution is 0.466. The highest BCUT2D eigenvalue weighted by molar-refractivity contribution is 6.34. The van der Waals surface area contributed by atoms with E-state index in [4.69, 9.17) is 23.2 Å². The van der Waals surface area contributed by atoms with Crippen molar-refractivity contribution >= 4 is 23.2 Å². The van der Waals surface area contributed by atoms with Crippen molar-refractivity contribution in [1.29, 1.82) is 0 Å². The lowest BCUT2D eigenvalue weighted by Crippen LogP contribution is -2.26. The molecule has 0 amide bonds. The van der Waals surface area contributed by atoms with Gasteiger partial charge in [0, 0.05) is 34.4 Å². The number of hydrogen-bond donors (Lipinski definition) is 1. The first-order valence-electron chi connectivity index (χ1n) is 7.21. The largest absolute Gasteiger partial charge is 0.309 e. The number of benzene rings is 1. The molecule has 0 aliphatic carbocycles. The van der Waals surface area contributed by atoms with Crippen LogP contribution in [-0.2, 0) is 0 Å². The minimum atomic E-state index is 0.170. The maximum atomic E-state index is 6.16. The Morgan fingerprint density at radius 2 is 1.67 bits per heavy atom. The van der Waals surface area contributed by atoms with Gasteiger partial charge < -0.3 is 5.32 Å². The van der Waals surface area contributed by atoms with Gasteiger partial charge in [-0.3, -0.25) is 4.98 Å². The van der Waals surface area contributed by atoms with Gasteiger partial charge in [-0.25, -0.2) is 0 Å². The molecule has 112 valence electrons. The molecule has 2 rings (SSSR count). The van der Waals surface area contributed by atoms with E-state index in [1.165, 1.54) is 5.56 Å². The molecular weight excluding hydrogens is 303 g/mol. The summed E-state index contributed by atoms with van der Waals surface area (Å²) in [4.78, 5) is 4.09. The van der Waals surface area contributed by atoms with E-state index in [-0.39, 0.29) is 6.04 Å². The minimum Gasteiger partial charge on any atom is -0.309 e. The molecule has 4 heteroatoms. The van der Waals surface area contributed by atoms with Crippen LogP contribution >= 0.6 is 23.2 Å². The van der Waals surface area contributed by atoms with Gasteiger partial charge in [0.15, 0.2) is 0 Å². The van der Waals surface area contributed by atoms with Crippen LogP contribution in [-0.4, -0.2) is 11.5 Å². The van der Waals surface area contributed by atoms with E-state index in [1.807, 2.05) is 24.5 Å². The summed E-state index contributed by atoms with van der Waals surface area (Å²) in [6.45, 7) is 5.31. The van der Waals surface area contributed by atoms with E-state index < -0.39 is 0 Å². The summed E-state index contributed by atoms with van der Waals surface area (Å²) in [6, 6.07) is 10.0. The topological polar surface area (TPSA) is 24.9 Å². The summed E-state index contributed by atoms with van der Waals surface area (Å²) in [5.74, 6) is 0.300. The Morgan fingerprint density at radius 1 is 1.05 bits per heavy atom. The monoisotopic (exact) mass is 322 g/mol. The molecule has 2 nitrogen and oxygen atoms in total. The Bertz CT molecular complexity index is 552. The lowest BCUT2D eigenvalue weighted by atomic mass is 9.89. The Morgan fingerprint density at radius 3 is 2.24 bits per heavy atom. The number of nitrogens with zero attached hydrogens (tertiary/aromatic N) is 1. The van der Waals surface area contributed by atoms with Gasteiger partial charge in [0.2, 0.25) is 0 Å². The van der Waals surface area contributed by atoms with E-state index in [0.717, 1.165) is 18.5 Å². The van der Waals surface area contributed by atoms with Crippen molar-refractivity contribution in [1.82, 2.24) is 10.3 Å². The predicted octanol–water partition coefficient (Wildman–Crippen LogP) is 5.23. The van der Waals surface area contributed by atoms with Crippen LogP contribution in [0.1, 0.15) is 43.4 Å². The van der Waals surface area contributed by atoms with Crippen molar-refractivity contribution in [2.45, 2.75) is 32.2 Å². The molecule has 2 unspecified atom stereocenters. The molecule has 0 bridgehead atoms. The average molecular weight is 323 g/mol. The molecule has 0 saturated carbocycles. The summed E-state index contributed by atoms with van der Waals surface area (Å²) in [6.07, 6.45) is 4.73. The van der Waals surface area contributed by atoms with Crippen LogP contribution < -0.4 is 5.32 Å². The van der Waals surface area contributed by atoms with E-state index in [1.54, 1.807) is 6.07 Å². The van der Waals surface area contributed by atoms with Crippen molar-refractivity contribution in [2.75, 3.05) is 6.54 Å². The molecule has 1 aromatic heterocycles. The van der Waals surface area contributed by atoms with Crippen LogP contribution in [0.5, 0.6) is 0 Å². The SMILES string of the molecule is CCCNC(c1cc(Cl)cc(Cl)c1)C(C)c1ccncc1. The Hall–Kier alpha value is -1.09. The Kier molecular flexibility index (Phi) is 6.04. The zero-order valence-electron chi connectivity index (χ0n) is 12.3. The van der Waals surface area contributed by atoms with Crippen LogP contribution in [0.25, 0.3) is 0 Å². The van der Waals surface area contributed by atoms with E-state index in [9.17, 15) is 0 Å². The van der Waals surface area contributed by atoms with Crippen molar-refractivity contribution in [2.24, 2.45) is 0 Å². The fourth-order valence-electron chi connectivity index (χ4n) is 2.50. The summed E-state index contributed by atoms with van der Waals surface area (Å²) in [7, 11) is 0. The van der Waals surface area contributed by atoms with Gasteiger partial charge in [-0.15, -0.1) is 0 Å². The van der Waals surface area contributed by atoms with Gasteiger partial charge in [-0.05, 0) is 54.4 Å². The van der Waals surface area contributed by atoms with Crippen molar-refractivity contribution in [3.05, 3.63) is 63.9 Å². The zero-order valence-corrected chi connectivity index (χ0v) is 13.8. The number of aromatic nitrogens is 1. The number of nitrogens with one attached hydrogen (secondary N) is 1.